The Hall–Kier alpha value is -2.45. The first-order valence-electron chi connectivity index (χ1n) is 11.1. The smallest absolute Gasteiger partial charge is 0.248 e. The summed E-state index contributed by atoms with van der Waals surface area (Å²) in [4.78, 5) is 12.3. The maximum Gasteiger partial charge on any atom is 0.248 e. The largest absolute Gasteiger partial charge is 0.356 e. The van der Waals surface area contributed by atoms with E-state index in [1.54, 1.807) is 13.0 Å². The van der Waals surface area contributed by atoms with Gasteiger partial charge in [-0.05, 0) is 69.7 Å². The van der Waals surface area contributed by atoms with Crippen LogP contribution in [0.15, 0.2) is 21.6 Å². The standard InChI is InChI=1S/C24H33N3O4S/c1-6-11-25-24(28)20-9-12-27(13-10-20)32(29,30)23-19(5)26-31-22(23)8-7-21-17(3)14-16(2)15-18(21)4/h7-8,14-15,20H,6,9-13H2,1-5H3,(H,25,28). The van der Waals surface area contributed by atoms with E-state index in [2.05, 4.69) is 29.5 Å². The molecule has 1 fully saturated rings. The maximum atomic E-state index is 13.4. The molecule has 0 atom stereocenters. The lowest BCUT2D eigenvalue weighted by molar-refractivity contribution is -0.126. The second-order valence-corrected chi connectivity index (χ2v) is 10.5. The molecule has 0 saturated carbocycles. The molecular weight excluding hydrogens is 426 g/mol. The third-order valence-electron chi connectivity index (χ3n) is 5.94. The summed E-state index contributed by atoms with van der Waals surface area (Å²) < 4.78 is 33.7. The van der Waals surface area contributed by atoms with Gasteiger partial charge in [-0.2, -0.15) is 4.31 Å². The number of carbonyl (C=O) groups is 1. The van der Waals surface area contributed by atoms with Crippen LogP contribution < -0.4 is 5.32 Å². The molecule has 0 radical (unpaired) electrons. The van der Waals surface area contributed by atoms with E-state index >= 15 is 0 Å². The zero-order valence-electron chi connectivity index (χ0n) is 19.6. The number of hydrogen-bond donors (Lipinski definition) is 1. The number of aromatic nitrogens is 1. The van der Waals surface area contributed by atoms with Crippen molar-refractivity contribution in [3.05, 3.63) is 45.8 Å². The summed E-state index contributed by atoms with van der Waals surface area (Å²) in [5, 5.41) is 6.83. The Morgan fingerprint density at radius 3 is 2.38 bits per heavy atom. The molecule has 1 aliphatic heterocycles. The number of rotatable bonds is 7. The molecule has 8 heteroatoms. The molecule has 0 aliphatic carbocycles. The lowest BCUT2D eigenvalue weighted by Gasteiger charge is -2.30. The third-order valence-corrected chi connectivity index (χ3v) is 8.00. The number of amides is 1. The van der Waals surface area contributed by atoms with E-state index in [4.69, 9.17) is 4.52 Å². The summed E-state index contributed by atoms with van der Waals surface area (Å²) >= 11 is 0. The van der Waals surface area contributed by atoms with E-state index in [0.29, 0.717) is 38.2 Å². The van der Waals surface area contributed by atoms with Gasteiger partial charge in [-0.3, -0.25) is 4.79 Å². The highest BCUT2D eigenvalue weighted by atomic mass is 32.2. The first-order valence-corrected chi connectivity index (χ1v) is 12.6. The molecule has 7 nitrogen and oxygen atoms in total. The van der Waals surface area contributed by atoms with E-state index in [1.807, 2.05) is 26.8 Å². The molecule has 1 amide bonds. The summed E-state index contributed by atoms with van der Waals surface area (Å²) in [5.41, 5.74) is 4.78. The van der Waals surface area contributed by atoms with Gasteiger partial charge >= 0.3 is 0 Å². The van der Waals surface area contributed by atoms with Crippen LogP contribution in [0.25, 0.3) is 12.2 Å². The van der Waals surface area contributed by atoms with E-state index < -0.39 is 10.0 Å². The highest BCUT2D eigenvalue weighted by Gasteiger charge is 2.35. The molecule has 0 spiro atoms. The van der Waals surface area contributed by atoms with Crippen molar-refractivity contribution in [2.75, 3.05) is 19.6 Å². The molecule has 2 aromatic rings. The molecule has 2 heterocycles. The molecule has 0 unspecified atom stereocenters. The predicted octanol–water partition coefficient (Wildman–Crippen LogP) is 4.01. The van der Waals surface area contributed by atoms with Gasteiger partial charge < -0.3 is 9.84 Å². The Bertz CT molecular complexity index is 1090. The molecule has 32 heavy (non-hydrogen) atoms. The van der Waals surface area contributed by atoms with Gasteiger partial charge in [0.2, 0.25) is 15.9 Å². The lowest BCUT2D eigenvalue weighted by atomic mass is 9.97. The van der Waals surface area contributed by atoms with Gasteiger partial charge in [0.05, 0.1) is 0 Å². The van der Waals surface area contributed by atoms with E-state index in [-0.39, 0.29) is 22.5 Å². The molecule has 1 aromatic carbocycles. The fourth-order valence-electron chi connectivity index (χ4n) is 4.29. The SMILES string of the molecule is CCCNC(=O)C1CCN(S(=O)(=O)c2c(C)noc2C=Cc2c(C)cc(C)cc2C)CC1. The normalized spacial score (nSPS) is 16.0. The highest BCUT2D eigenvalue weighted by Crippen LogP contribution is 2.30. The first kappa shape index (κ1) is 24.2. The van der Waals surface area contributed by atoms with Gasteiger partial charge in [0.25, 0.3) is 0 Å². The van der Waals surface area contributed by atoms with Gasteiger partial charge in [0, 0.05) is 25.6 Å². The molecule has 1 aromatic heterocycles. The zero-order chi connectivity index (χ0) is 23.5. The Balaban J connectivity index is 1.81. The van der Waals surface area contributed by atoms with E-state index in [1.165, 1.54) is 9.87 Å². The van der Waals surface area contributed by atoms with Crippen LogP contribution in [0.1, 0.15) is 59.9 Å². The summed E-state index contributed by atoms with van der Waals surface area (Å²) in [5.74, 6) is 0.0885. The van der Waals surface area contributed by atoms with Crippen LogP contribution in [0.4, 0.5) is 0 Å². The monoisotopic (exact) mass is 459 g/mol. The highest BCUT2D eigenvalue weighted by molar-refractivity contribution is 7.89. The Morgan fingerprint density at radius 1 is 1.16 bits per heavy atom. The number of hydrogen-bond acceptors (Lipinski definition) is 5. The fraction of sp³-hybridized carbons (Fsp3) is 0.500. The second-order valence-electron chi connectivity index (χ2n) is 8.58. The average molecular weight is 460 g/mol. The Labute approximate surface area is 190 Å². The van der Waals surface area contributed by atoms with E-state index in [0.717, 1.165) is 23.1 Å². The van der Waals surface area contributed by atoms with Crippen molar-refractivity contribution in [2.45, 2.75) is 58.8 Å². The van der Waals surface area contributed by atoms with Crippen LogP contribution in [0, 0.1) is 33.6 Å². The van der Waals surface area contributed by atoms with Crippen molar-refractivity contribution in [1.82, 2.24) is 14.8 Å². The number of aryl methyl sites for hydroxylation is 4. The molecule has 1 saturated heterocycles. The number of benzene rings is 1. The van der Waals surface area contributed by atoms with Gasteiger partial charge in [-0.1, -0.05) is 35.9 Å². The van der Waals surface area contributed by atoms with Crippen molar-refractivity contribution in [1.29, 1.82) is 0 Å². The number of nitrogens with one attached hydrogen (secondary N) is 1. The molecule has 1 N–H and O–H groups in total. The second kappa shape index (κ2) is 10.0. The van der Waals surface area contributed by atoms with Crippen LogP contribution in [0.3, 0.4) is 0 Å². The van der Waals surface area contributed by atoms with Crippen molar-refractivity contribution in [2.24, 2.45) is 5.92 Å². The van der Waals surface area contributed by atoms with Crippen LogP contribution in [0.2, 0.25) is 0 Å². The number of nitrogens with zero attached hydrogens (tertiary/aromatic N) is 2. The number of carbonyl (C=O) groups excluding carboxylic acids is 1. The van der Waals surface area contributed by atoms with Crippen molar-refractivity contribution >= 4 is 28.1 Å². The predicted molar refractivity (Wildman–Crippen MR) is 126 cm³/mol. The van der Waals surface area contributed by atoms with Crippen LogP contribution in [0.5, 0.6) is 0 Å². The quantitative estimate of drug-likeness (QED) is 0.675. The van der Waals surface area contributed by atoms with E-state index in [9.17, 15) is 13.2 Å². The Morgan fingerprint density at radius 2 is 1.78 bits per heavy atom. The summed E-state index contributed by atoms with van der Waals surface area (Å²) in [6.45, 7) is 11.0. The van der Waals surface area contributed by atoms with Gasteiger partial charge in [-0.15, -0.1) is 0 Å². The van der Waals surface area contributed by atoms with Crippen molar-refractivity contribution < 1.29 is 17.7 Å². The summed E-state index contributed by atoms with van der Waals surface area (Å²) in [6, 6.07) is 4.19. The minimum absolute atomic E-state index is 0.0116. The minimum atomic E-state index is -3.78. The van der Waals surface area contributed by atoms with Crippen LogP contribution in [-0.4, -0.2) is 43.4 Å². The van der Waals surface area contributed by atoms with Crippen molar-refractivity contribution in [3.8, 4) is 0 Å². The zero-order valence-corrected chi connectivity index (χ0v) is 20.4. The summed E-state index contributed by atoms with van der Waals surface area (Å²) in [6.07, 6.45) is 5.46. The Kier molecular flexibility index (Phi) is 7.56. The molecule has 1 aliphatic rings. The van der Waals surface area contributed by atoms with Gasteiger partial charge in [0.1, 0.15) is 5.69 Å². The maximum absolute atomic E-state index is 13.4. The topological polar surface area (TPSA) is 92.5 Å². The minimum Gasteiger partial charge on any atom is -0.356 e. The first-order chi connectivity index (χ1) is 15.1. The average Bonchev–Trinajstić information content (AvgIpc) is 3.12. The lowest BCUT2D eigenvalue weighted by Crippen LogP contribution is -2.43. The number of piperidine rings is 1. The fourth-order valence-corrected chi connectivity index (χ4v) is 6.01. The third kappa shape index (κ3) is 5.13. The molecule has 174 valence electrons. The summed E-state index contributed by atoms with van der Waals surface area (Å²) in [7, 11) is -3.78. The molecule has 3 rings (SSSR count). The van der Waals surface area contributed by atoms with Crippen LogP contribution in [-0.2, 0) is 14.8 Å². The molecule has 0 bridgehead atoms. The van der Waals surface area contributed by atoms with Crippen LogP contribution >= 0.6 is 0 Å². The van der Waals surface area contributed by atoms with Gasteiger partial charge in [-0.25, -0.2) is 8.42 Å². The number of sulfonamides is 1. The van der Waals surface area contributed by atoms with Crippen molar-refractivity contribution in [3.63, 3.8) is 0 Å². The van der Waals surface area contributed by atoms with Gasteiger partial charge in [0.15, 0.2) is 10.7 Å². The molecular formula is C24H33N3O4S.